The Hall–Kier alpha value is -1.22. The Balaban J connectivity index is 2.25. The Bertz CT molecular complexity index is 554. The maximum absolute atomic E-state index is 13.8. The lowest BCUT2D eigenvalue weighted by molar-refractivity contribution is 0.606. The topological polar surface area (TPSA) is 12.9 Å². The van der Waals surface area contributed by atoms with Crippen molar-refractivity contribution < 1.29 is 4.39 Å². The molecule has 0 N–H and O–H groups in total. The third-order valence-electron chi connectivity index (χ3n) is 2.98. The first kappa shape index (κ1) is 13.2. The number of halogens is 2. The molecule has 1 heterocycles. The van der Waals surface area contributed by atoms with E-state index in [1.807, 2.05) is 32.0 Å². The average molecular weight is 308 g/mol. The standard InChI is InChI=1S/C15H15BrFN/c1-10-5-6-14(17)12(8-10)13(16)9-15-11(2)4-3-7-18-15/h3-8,13H,9H2,1-2H3. The number of aromatic nitrogens is 1. The molecule has 1 atom stereocenters. The highest BCUT2D eigenvalue weighted by molar-refractivity contribution is 9.09. The van der Waals surface area contributed by atoms with E-state index in [9.17, 15) is 4.39 Å². The minimum Gasteiger partial charge on any atom is -0.261 e. The molecule has 1 nitrogen and oxygen atoms in total. The van der Waals surface area contributed by atoms with Gasteiger partial charge in [-0.3, -0.25) is 4.98 Å². The summed E-state index contributed by atoms with van der Waals surface area (Å²) >= 11 is 3.56. The summed E-state index contributed by atoms with van der Waals surface area (Å²) in [6.45, 7) is 3.99. The van der Waals surface area contributed by atoms with Gasteiger partial charge in [0.25, 0.3) is 0 Å². The maximum Gasteiger partial charge on any atom is 0.127 e. The molecule has 0 aliphatic rings. The molecule has 0 spiro atoms. The molecule has 3 heteroatoms. The van der Waals surface area contributed by atoms with Gasteiger partial charge in [-0.2, -0.15) is 0 Å². The molecule has 0 fully saturated rings. The number of aryl methyl sites for hydroxylation is 2. The van der Waals surface area contributed by atoms with E-state index in [1.165, 1.54) is 6.07 Å². The second-order valence-corrected chi connectivity index (χ2v) is 5.57. The second kappa shape index (κ2) is 5.61. The molecular formula is C15H15BrFN. The molecule has 1 unspecified atom stereocenters. The molecule has 0 radical (unpaired) electrons. The summed E-state index contributed by atoms with van der Waals surface area (Å²) in [6, 6.07) is 9.12. The van der Waals surface area contributed by atoms with Gasteiger partial charge in [0.2, 0.25) is 0 Å². The highest BCUT2D eigenvalue weighted by Gasteiger charge is 2.15. The molecule has 94 valence electrons. The smallest absolute Gasteiger partial charge is 0.127 e. The predicted molar refractivity (Wildman–Crippen MR) is 75.5 cm³/mol. The predicted octanol–water partition coefficient (Wildman–Crippen LogP) is 4.52. The van der Waals surface area contributed by atoms with Crippen molar-refractivity contribution in [2.24, 2.45) is 0 Å². The summed E-state index contributed by atoms with van der Waals surface area (Å²) in [5.74, 6) is -0.170. The summed E-state index contributed by atoms with van der Waals surface area (Å²) in [6.07, 6.45) is 2.46. The number of benzene rings is 1. The van der Waals surface area contributed by atoms with Crippen LogP contribution in [-0.4, -0.2) is 4.98 Å². The van der Waals surface area contributed by atoms with Crippen molar-refractivity contribution in [1.29, 1.82) is 0 Å². The van der Waals surface area contributed by atoms with E-state index in [0.717, 1.165) is 16.8 Å². The van der Waals surface area contributed by atoms with Crippen molar-refractivity contribution in [3.63, 3.8) is 0 Å². The molecule has 18 heavy (non-hydrogen) atoms. The van der Waals surface area contributed by atoms with Gasteiger partial charge in [0, 0.05) is 28.7 Å². The molecule has 0 aliphatic heterocycles. The van der Waals surface area contributed by atoms with E-state index in [-0.39, 0.29) is 10.6 Å². The van der Waals surface area contributed by atoms with Crippen LogP contribution in [0.1, 0.15) is 27.2 Å². The highest BCUT2D eigenvalue weighted by Crippen LogP contribution is 2.29. The molecule has 1 aromatic carbocycles. The van der Waals surface area contributed by atoms with Crippen molar-refractivity contribution >= 4 is 15.9 Å². The van der Waals surface area contributed by atoms with Crippen molar-refractivity contribution in [2.75, 3.05) is 0 Å². The zero-order valence-electron chi connectivity index (χ0n) is 10.5. The number of alkyl halides is 1. The third-order valence-corrected chi connectivity index (χ3v) is 3.80. The monoisotopic (exact) mass is 307 g/mol. The fourth-order valence-corrected chi connectivity index (χ4v) is 2.57. The van der Waals surface area contributed by atoms with Crippen LogP contribution in [0, 0.1) is 19.7 Å². The van der Waals surface area contributed by atoms with E-state index in [4.69, 9.17) is 0 Å². The van der Waals surface area contributed by atoms with Crippen molar-refractivity contribution in [1.82, 2.24) is 4.98 Å². The Labute approximate surface area is 115 Å². The first-order valence-electron chi connectivity index (χ1n) is 5.88. The zero-order valence-corrected chi connectivity index (χ0v) is 12.0. The molecule has 2 rings (SSSR count). The van der Waals surface area contributed by atoms with Gasteiger partial charge < -0.3 is 0 Å². The Morgan fingerprint density at radius 3 is 2.78 bits per heavy atom. The molecule has 0 bridgehead atoms. The zero-order chi connectivity index (χ0) is 13.1. The van der Waals surface area contributed by atoms with Crippen LogP contribution in [0.2, 0.25) is 0 Å². The maximum atomic E-state index is 13.8. The lowest BCUT2D eigenvalue weighted by atomic mass is 10.0. The van der Waals surface area contributed by atoms with Crippen LogP contribution in [0.4, 0.5) is 4.39 Å². The fourth-order valence-electron chi connectivity index (χ4n) is 1.92. The molecule has 0 saturated carbocycles. The summed E-state index contributed by atoms with van der Waals surface area (Å²) in [5, 5.41) is 0. The van der Waals surface area contributed by atoms with E-state index < -0.39 is 0 Å². The van der Waals surface area contributed by atoms with Crippen LogP contribution < -0.4 is 0 Å². The number of rotatable bonds is 3. The van der Waals surface area contributed by atoms with Crippen LogP contribution in [0.25, 0.3) is 0 Å². The number of pyridine rings is 1. The Kier molecular flexibility index (Phi) is 4.12. The summed E-state index contributed by atoms with van der Waals surface area (Å²) in [7, 11) is 0. The van der Waals surface area contributed by atoms with E-state index in [0.29, 0.717) is 12.0 Å². The minimum absolute atomic E-state index is 0.0500. The van der Waals surface area contributed by atoms with Crippen molar-refractivity contribution in [2.45, 2.75) is 25.1 Å². The SMILES string of the molecule is Cc1ccc(F)c(C(Br)Cc2ncccc2C)c1. The van der Waals surface area contributed by atoms with Crippen LogP contribution in [0.3, 0.4) is 0 Å². The van der Waals surface area contributed by atoms with Crippen LogP contribution in [0.15, 0.2) is 36.5 Å². The molecule has 2 aromatic rings. The van der Waals surface area contributed by atoms with Gasteiger partial charge in [0.15, 0.2) is 0 Å². The van der Waals surface area contributed by atoms with Gasteiger partial charge in [-0.05, 0) is 31.5 Å². The van der Waals surface area contributed by atoms with Gasteiger partial charge >= 0.3 is 0 Å². The van der Waals surface area contributed by atoms with Gasteiger partial charge in [0.1, 0.15) is 5.82 Å². The molecular weight excluding hydrogens is 293 g/mol. The number of hydrogen-bond acceptors (Lipinski definition) is 1. The molecule has 0 saturated heterocycles. The van der Waals surface area contributed by atoms with Gasteiger partial charge in [0.05, 0.1) is 0 Å². The molecule has 0 aliphatic carbocycles. The normalized spacial score (nSPS) is 12.4. The summed E-state index contributed by atoms with van der Waals surface area (Å²) in [4.78, 5) is 4.29. The first-order valence-corrected chi connectivity index (χ1v) is 6.80. The highest BCUT2D eigenvalue weighted by atomic mass is 79.9. The molecule has 0 amide bonds. The van der Waals surface area contributed by atoms with Crippen LogP contribution >= 0.6 is 15.9 Å². The van der Waals surface area contributed by atoms with E-state index in [2.05, 4.69) is 20.9 Å². The number of hydrogen-bond donors (Lipinski definition) is 0. The third kappa shape index (κ3) is 2.96. The molecule has 1 aromatic heterocycles. The van der Waals surface area contributed by atoms with E-state index >= 15 is 0 Å². The van der Waals surface area contributed by atoms with Gasteiger partial charge in [-0.1, -0.05) is 39.7 Å². The van der Waals surface area contributed by atoms with E-state index in [1.54, 1.807) is 12.3 Å². The summed E-state index contributed by atoms with van der Waals surface area (Å²) < 4.78 is 13.8. The fraction of sp³-hybridized carbons (Fsp3) is 0.267. The minimum atomic E-state index is -0.170. The van der Waals surface area contributed by atoms with Crippen molar-refractivity contribution in [3.8, 4) is 0 Å². The Morgan fingerprint density at radius 2 is 2.06 bits per heavy atom. The summed E-state index contributed by atoms with van der Waals surface area (Å²) in [5.41, 5.74) is 3.89. The van der Waals surface area contributed by atoms with Gasteiger partial charge in [-0.25, -0.2) is 4.39 Å². The van der Waals surface area contributed by atoms with Crippen molar-refractivity contribution in [3.05, 3.63) is 64.7 Å². The lowest BCUT2D eigenvalue weighted by Gasteiger charge is -2.13. The quantitative estimate of drug-likeness (QED) is 0.760. The first-order chi connectivity index (χ1) is 8.58. The Morgan fingerprint density at radius 1 is 1.28 bits per heavy atom. The van der Waals surface area contributed by atoms with Gasteiger partial charge in [-0.15, -0.1) is 0 Å². The van der Waals surface area contributed by atoms with Crippen LogP contribution in [-0.2, 0) is 6.42 Å². The van der Waals surface area contributed by atoms with Crippen LogP contribution in [0.5, 0.6) is 0 Å². The average Bonchev–Trinajstić information content (AvgIpc) is 2.35. The number of nitrogens with zero attached hydrogens (tertiary/aromatic N) is 1. The lowest BCUT2D eigenvalue weighted by Crippen LogP contribution is -2.02. The second-order valence-electron chi connectivity index (χ2n) is 4.46. The largest absolute Gasteiger partial charge is 0.261 e.